The molecule has 0 bridgehead atoms. The van der Waals surface area contributed by atoms with Crippen molar-refractivity contribution in [3.8, 4) is 5.75 Å². The minimum atomic E-state index is -0.977. The van der Waals surface area contributed by atoms with E-state index in [9.17, 15) is 4.79 Å². The van der Waals surface area contributed by atoms with Gasteiger partial charge in [-0.05, 0) is 30.7 Å². The van der Waals surface area contributed by atoms with Crippen LogP contribution in [-0.2, 0) is 10.5 Å². The Morgan fingerprint density at radius 1 is 1.52 bits per heavy atom. The lowest BCUT2D eigenvalue weighted by atomic mass is 10.1. The van der Waals surface area contributed by atoms with Crippen molar-refractivity contribution in [1.82, 2.24) is 4.98 Å². The maximum atomic E-state index is 10.6. The molecule has 0 atom stereocenters. The summed E-state index contributed by atoms with van der Waals surface area (Å²) in [6.07, 6.45) is 2.65. The van der Waals surface area contributed by atoms with E-state index in [0.29, 0.717) is 5.75 Å². The van der Waals surface area contributed by atoms with Crippen LogP contribution in [0.3, 0.4) is 0 Å². The summed E-state index contributed by atoms with van der Waals surface area (Å²) in [5.74, 6) is 0.464. The molecule has 1 N–H and O–H groups in total. The highest BCUT2D eigenvalue weighted by atomic mass is 32.2. The molecule has 110 valence electrons. The van der Waals surface area contributed by atoms with E-state index in [1.807, 2.05) is 30.5 Å². The Balaban J connectivity index is 2.13. The van der Waals surface area contributed by atoms with Crippen LogP contribution in [0.2, 0.25) is 0 Å². The number of rotatable bonds is 6. The number of ether oxygens (including phenoxy) is 1. The third-order valence-electron chi connectivity index (χ3n) is 2.66. The largest absolute Gasteiger partial charge is 0.496 e. The van der Waals surface area contributed by atoms with Crippen molar-refractivity contribution in [1.29, 1.82) is 0 Å². The predicted molar refractivity (Wildman–Crippen MR) is 86.1 cm³/mol. The summed E-state index contributed by atoms with van der Waals surface area (Å²) in [5, 5.41) is 10.7. The number of nitrogens with zero attached hydrogens (tertiary/aromatic N) is 1. The second-order valence-electron chi connectivity index (χ2n) is 4.29. The van der Waals surface area contributed by atoms with Crippen molar-refractivity contribution in [2.45, 2.75) is 17.0 Å². The van der Waals surface area contributed by atoms with E-state index >= 15 is 0 Å². The Kier molecular flexibility index (Phi) is 5.41. The first-order valence-corrected chi connectivity index (χ1v) is 8.08. The smallest absolute Gasteiger partial charge is 0.328 e. The zero-order valence-corrected chi connectivity index (χ0v) is 13.3. The van der Waals surface area contributed by atoms with Gasteiger partial charge in [0.25, 0.3) is 0 Å². The molecule has 1 heterocycles. The molecule has 0 aliphatic rings. The third kappa shape index (κ3) is 4.61. The van der Waals surface area contributed by atoms with Gasteiger partial charge >= 0.3 is 5.97 Å². The van der Waals surface area contributed by atoms with E-state index in [2.05, 4.69) is 4.98 Å². The van der Waals surface area contributed by atoms with Crippen LogP contribution in [0.5, 0.6) is 5.75 Å². The first-order chi connectivity index (χ1) is 10.1. The van der Waals surface area contributed by atoms with Crippen LogP contribution < -0.4 is 4.74 Å². The molecule has 0 saturated heterocycles. The molecule has 0 saturated carbocycles. The number of hydrogen-bond donors (Lipinski definition) is 1. The quantitative estimate of drug-likeness (QED) is 0.647. The number of hydrogen-bond acceptors (Lipinski definition) is 5. The molecular formula is C15H15NO3S2. The molecule has 2 rings (SSSR count). The maximum Gasteiger partial charge on any atom is 0.328 e. The van der Waals surface area contributed by atoms with Gasteiger partial charge < -0.3 is 9.84 Å². The summed E-state index contributed by atoms with van der Waals surface area (Å²) >= 11 is 3.30. The number of thioether (sulfide) groups is 1. The summed E-state index contributed by atoms with van der Waals surface area (Å²) in [6, 6.07) is 5.76. The maximum absolute atomic E-state index is 10.6. The van der Waals surface area contributed by atoms with Gasteiger partial charge in [-0.1, -0.05) is 17.8 Å². The van der Waals surface area contributed by atoms with Crippen molar-refractivity contribution < 1.29 is 14.6 Å². The normalized spacial score (nSPS) is 11.0. The monoisotopic (exact) mass is 321 g/mol. The lowest BCUT2D eigenvalue weighted by Crippen LogP contribution is -1.91. The van der Waals surface area contributed by atoms with Gasteiger partial charge in [0.15, 0.2) is 0 Å². The van der Waals surface area contributed by atoms with E-state index in [0.717, 1.165) is 33.0 Å². The van der Waals surface area contributed by atoms with Crippen molar-refractivity contribution in [2.24, 2.45) is 0 Å². The summed E-state index contributed by atoms with van der Waals surface area (Å²) in [4.78, 5) is 15.0. The van der Waals surface area contributed by atoms with Gasteiger partial charge in [0.05, 0.1) is 7.11 Å². The number of aromatic nitrogens is 1. The van der Waals surface area contributed by atoms with Crippen LogP contribution in [0.15, 0.2) is 34.0 Å². The molecule has 1 aromatic carbocycles. The van der Waals surface area contributed by atoms with Gasteiger partial charge in [-0.2, -0.15) is 0 Å². The van der Waals surface area contributed by atoms with Crippen molar-refractivity contribution in [2.75, 3.05) is 7.11 Å². The third-order valence-corrected chi connectivity index (χ3v) is 4.87. The number of thiazole rings is 1. The van der Waals surface area contributed by atoms with Crippen molar-refractivity contribution in [3.63, 3.8) is 0 Å². The molecule has 21 heavy (non-hydrogen) atoms. The number of aryl methyl sites for hydroxylation is 1. The molecular weight excluding hydrogens is 306 g/mol. The molecule has 0 aliphatic heterocycles. The average Bonchev–Trinajstić information content (AvgIpc) is 2.88. The van der Waals surface area contributed by atoms with Crippen LogP contribution in [0.4, 0.5) is 0 Å². The Morgan fingerprint density at radius 3 is 2.95 bits per heavy atom. The Bertz CT molecular complexity index is 665. The summed E-state index contributed by atoms with van der Waals surface area (Å²) in [5.41, 5.74) is 2.88. The summed E-state index contributed by atoms with van der Waals surface area (Å²) in [6.45, 7) is 1.97. The zero-order valence-electron chi connectivity index (χ0n) is 11.7. The summed E-state index contributed by atoms with van der Waals surface area (Å²) < 4.78 is 6.27. The average molecular weight is 321 g/mol. The number of aliphatic carboxylic acids is 1. The fourth-order valence-corrected chi connectivity index (χ4v) is 3.50. The molecule has 0 unspecified atom stereocenters. The van der Waals surface area contributed by atoms with Gasteiger partial charge in [-0.15, -0.1) is 11.3 Å². The number of carboxylic acid groups (broad SMARTS) is 1. The Hall–Kier alpha value is -1.79. The van der Waals surface area contributed by atoms with E-state index in [-0.39, 0.29) is 0 Å². The highest BCUT2D eigenvalue weighted by Crippen LogP contribution is 2.28. The van der Waals surface area contributed by atoms with Gasteiger partial charge in [-0.3, -0.25) is 0 Å². The molecule has 0 spiro atoms. The van der Waals surface area contributed by atoms with E-state index < -0.39 is 5.97 Å². The second kappa shape index (κ2) is 7.28. The van der Waals surface area contributed by atoms with Gasteiger partial charge in [-0.25, -0.2) is 9.78 Å². The first-order valence-electron chi connectivity index (χ1n) is 6.21. The topological polar surface area (TPSA) is 59.4 Å². The van der Waals surface area contributed by atoms with Gasteiger partial charge in [0.1, 0.15) is 10.1 Å². The Morgan fingerprint density at radius 2 is 2.33 bits per heavy atom. The predicted octanol–water partition coefficient (Wildman–Crippen LogP) is 3.85. The molecule has 6 heteroatoms. The van der Waals surface area contributed by atoms with E-state index in [1.165, 1.54) is 0 Å². The lowest BCUT2D eigenvalue weighted by molar-refractivity contribution is -0.131. The van der Waals surface area contributed by atoms with E-state index in [1.54, 1.807) is 36.3 Å². The number of benzene rings is 1. The van der Waals surface area contributed by atoms with Crippen molar-refractivity contribution >= 4 is 35.1 Å². The molecule has 0 amide bonds. The first kappa shape index (κ1) is 15.6. The highest BCUT2D eigenvalue weighted by Gasteiger charge is 2.05. The zero-order chi connectivity index (χ0) is 15.2. The molecule has 0 radical (unpaired) electrons. The van der Waals surface area contributed by atoms with Crippen LogP contribution in [-0.4, -0.2) is 23.2 Å². The molecule has 0 aliphatic carbocycles. The van der Waals surface area contributed by atoms with Crippen molar-refractivity contribution in [3.05, 3.63) is 46.5 Å². The highest BCUT2D eigenvalue weighted by molar-refractivity contribution is 8.00. The number of methoxy groups -OCH3 is 1. The fraction of sp³-hybridized carbons (Fsp3) is 0.200. The lowest BCUT2D eigenvalue weighted by Gasteiger charge is -2.07. The molecule has 0 fully saturated rings. The minimum absolute atomic E-state index is 0.659. The second-order valence-corrected chi connectivity index (χ2v) is 6.37. The standard InChI is InChI=1S/C15H15NO3S2/c1-10-8-20-15(16-10)21-9-11-3-5-13(19-2)12(7-11)4-6-14(17)18/h3-8H,9H2,1-2H3,(H,17,18). The van der Waals surface area contributed by atoms with Crippen LogP contribution in [0.25, 0.3) is 6.08 Å². The number of carboxylic acids is 1. The minimum Gasteiger partial charge on any atom is -0.496 e. The molecule has 2 aromatic rings. The van der Waals surface area contributed by atoms with E-state index in [4.69, 9.17) is 9.84 Å². The summed E-state index contributed by atoms with van der Waals surface area (Å²) in [7, 11) is 1.57. The Labute approximate surface area is 131 Å². The molecule has 1 aromatic heterocycles. The SMILES string of the molecule is COc1ccc(CSc2nc(C)cs2)cc1C=CC(=O)O. The van der Waals surface area contributed by atoms with Crippen LogP contribution in [0.1, 0.15) is 16.8 Å². The van der Waals surface area contributed by atoms with Gasteiger partial charge in [0, 0.05) is 28.5 Å². The van der Waals surface area contributed by atoms with Gasteiger partial charge in [0.2, 0.25) is 0 Å². The van der Waals surface area contributed by atoms with Crippen LogP contribution in [0, 0.1) is 6.92 Å². The molecule has 4 nitrogen and oxygen atoms in total. The number of carbonyl (C=O) groups is 1. The fourth-order valence-electron chi connectivity index (χ4n) is 1.71. The van der Waals surface area contributed by atoms with Crippen LogP contribution >= 0.6 is 23.1 Å².